The Hall–Kier alpha value is -2.47. The maximum absolute atomic E-state index is 14.6. The van der Waals surface area contributed by atoms with Gasteiger partial charge in [0.15, 0.2) is 5.78 Å². The molecule has 2 aliphatic carbocycles. The molecule has 1 heterocycles. The molecular formula is C26H25BrFNO3. The Morgan fingerprint density at radius 2 is 1.81 bits per heavy atom. The Labute approximate surface area is 194 Å². The van der Waals surface area contributed by atoms with Crippen LogP contribution in [0.4, 0.5) is 4.39 Å². The number of aliphatic carboxylic acids is 1. The second-order valence-corrected chi connectivity index (χ2v) is 10.6. The van der Waals surface area contributed by atoms with Crippen molar-refractivity contribution in [3.05, 3.63) is 70.1 Å². The number of aromatic nitrogens is 1. The van der Waals surface area contributed by atoms with Gasteiger partial charge in [-0.05, 0) is 79.8 Å². The average Bonchev–Trinajstić information content (AvgIpc) is 3.14. The summed E-state index contributed by atoms with van der Waals surface area (Å²) in [4.78, 5) is 24.4. The highest BCUT2D eigenvalue weighted by molar-refractivity contribution is 9.10. The summed E-state index contributed by atoms with van der Waals surface area (Å²) < 4.78 is 17.6. The minimum Gasteiger partial charge on any atom is -0.481 e. The SMILES string of the molecule is CC(c1ccc(Br)cc1)n1ccc2c(F)ccc(C(=O)CC3CC4(C3)CC(C(=O)O)C4)c21. The lowest BCUT2D eigenvalue weighted by atomic mass is 9.47. The van der Waals surface area contributed by atoms with Crippen LogP contribution >= 0.6 is 15.9 Å². The summed E-state index contributed by atoms with van der Waals surface area (Å²) in [5.41, 5.74) is 2.43. The molecule has 5 rings (SSSR count). The van der Waals surface area contributed by atoms with Gasteiger partial charge in [-0.3, -0.25) is 9.59 Å². The molecule has 2 saturated carbocycles. The summed E-state index contributed by atoms with van der Waals surface area (Å²) in [5, 5.41) is 9.59. The fourth-order valence-electron chi connectivity index (χ4n) is 5.87. The van der Waals surface area contributed by atoms with Gasteiger partial charge in [0, 0.05) is 28.0 Å². The van der Waals surface area contributed by atoms with E-state index in [1.165, 1.54) is 6.07 Å². The van der Waals surface area contributed by atoms with Crippen molar-refractivity contribution in [3.8, 4) is 0 Å². The largest absolute Gasteiger partial charge is 0.481 e. The van der Waals surface area contributed by atoms with Gasteiger partial charge in [0.2, 0.25) is 0 Å². The maximum atomic E-state index is 14.6. The van der Waals surface area contributed by atoms with Crippen LogP contribution in [0.15, 0.2) is 53.1 Å². The van der Waals surface area contributed by atoms with Crippen LogP contribution in [-0.4, -0.2) is 21.4 Å². The number of fused-ring (bicyclic) bond motifs is 1. The molecule has 4 nitrogen and oxygen atoms in total. The first-order valence-corrected chi connectivity index (χ1v) is 11.9. The summed E-state index contributed by atoms with van der Waals surface area (Å²) in [7, 11) is 0. The average molecular weight is 498 g/mol. The van der Waals surface area contributed by atoms with E-state index in [1.807, 2.05) is 42.0 Å². The molecule has 0 bridgehead atoms. The van der Waals surface area contributed by atoms with E-state index in [4.69, 9.17) is 5.11 Å². The van der Waals surface area contributed by atoms with Crippen LogP contribution in [0.5, 0.6) is 0 Å². The molecule has 0 aliphatic heterocycles. The number of hydrogen-bond donors (Lipinski definition) is 1. The van der Waals surface area contributed by atoms with E-state index in [0.29, 0.717) is 22.9 Å². The topological polar surface area (TPSA) is 59.3 Å². The summed E-state index contributed by atoms with van der Waals surface area (Å²) in [5.74, 6) is -0.928. The van der Waals surface area contributed by atoms with E-state index >= 15 is 0 Å². The van der Waals surface area contributed by atoms with E-state index < -0.39 is 5.97 Å². The highest BCUT2D eigenvalue weighted by Crippen LogP contribution is 2.62. The first-order valence-electron chi connectivity index (χ1n) is 11.1. The van der Waals surface area contributed by atoms with Crippen LogP contribution in [-0.2, 0) is 4.79 Å². The molecule has 6 heteroatoms. The number of carbonyl (C=O) groups is 2. The smallest absolute Gasteiger partial charge is 0.306 e. The van der Waals surface area contributed by atoms with Gasteiger partial charge >= 0.3 is 5.97 Å². The summed E-state index contributed by atoms with van der Waals surface area (Å²) in [6, 6.07) is 12.7. The monoisotopic (exact) mass is 497 g/mol. The van der Waals surface area contributed by atoms with Crippen LogP contribution in [0.1, 0.15) is 61.0 Å². The molecule has 0 amide bonds. The number of benzene rings is 2. The number of nitrogens with zero attached hydrogens (tertiary/aromatic N) is 1. The Morgan fingerprint density at radius 1 is 1.12 bits per heavy atom. The lowest BCUT2D eigenvalue weighted by Gasteiger charge is -2.56. The molecule has 1 N–H and O–H groups in total. The van der Waals surface area contributed by atoms with Gasteiger partial charge in [-0.25, -0.2) is 4.39 Å². The van der Waals surface area contributed by atoms with Gasteiger partial charge in [-0.15, -0.1) is 0 Å². The molecule has 3 aromatic rings. The van der Waals surface area contributed by atoms with Crippen molar-refractivity contribution in [2.24, 2.45) is 17.3 Å². The summed E-state index contributed by atoms with van der Waals surface area (Å²) >= 11 is 3.46. The second kappa shape index (κ2) is 7.84. The standard InChI is InChI=1S/C26H25BrFNO3/c1-15(17-2-4-19(27)5-3-17)29-9-8-20-22(28)7-6-21(24(20)29)23(30)10-16-11-26(12-16)13-18(14-26)25(31)32/h2-9,15-16,18H,10-14H2,1H3,(H,31,32). The number of halogens is 2. The lowest BCUT2D eigenvalue weighted by molar-refractivity contribution is -0.157. The summed E-state index contributed by atoms with van der Waals surface area (Å²) in [6.45, 7) is 2.05. The van der Waals surface area contributed by atoms with Crippen LogP contribution in [0, 0.1) is 23.1 Å². The number of Topliss-reactive ketones (excluding diaryl/α,β-unsaturated/α-hetero) is 1. The van der Waals surface area contributed by atoms with Gasteiger partial charge in [0.05, 0.1) is 17.5 Å². The maximum Gasteiger partial charge on any atom is 0.306 e. The molecule has 32 heavy (non-hydrogen) atoms. The van der Waals surface area contributed by atoms with E-state index in [9.17, 15) is 14.0 Å². The predicted molar refractivity (Wildman–Crippen MR) is 124 cm³/mol. The molecule has 1 unspecified atom stereocenters. The molecule has 1 atom stereocenters. The molecule has 2 fully saturated rings. The number of carbonyl (C=O) groups excluding carboxylic acids is 1. The zero-order valence-corrected chi connectivity index (χ0v) is 19.4. The van der Waals surface area contributed by atoms with Crippen LogP contribution in [0.3, 0.4) is 0 Å². The Kier molecular flexibility index (Phi) is 5.24. The quantitative estimate of drug-likeness (QED) is 0.389. The minimum atomic E-state index is -0.704. The van der Waals surface area contributed by atoms with Crippen molar-refractivity contribution in [3.63, 3.8) is 0 Å². The summed E-state index contributed by atoms with van der Waals surface area (Å²) in [6.07, 6.45) is 5.60. The third-order valence-corrected chi connectivity index (χ3v) is 8.05. The first kappa shape index (κ1) is 21.4. The van der Waals surface area contributed by atoms with Crippen LogP contribution in [0.25, 0.3) is 10.9 Å². The van der Waals surface area contributed by atoms with E-state index in [0.717, 1.165) is 35.7 Å². The molecule has 2 aliphatic rings. The number of ketones is 1. The minimum absolute atomic E-state index is 0.0342. The number of carboxylic acid groups (broad SMARTS) is 1. The number of carboxylic acids is 1. The number of rotatable bonds is 6. The van der Waals surface area contributed by atoms with E-state index in [-0.39, 0.29) is 34.9 Å². The van der Waals surface area contributed by atoms with Crippen molar-refractivity contribution in [2.45, 2.75) is 45.1 Å². The molecule has 0 radical (unpaired) electrons. The molecule has 166 valence electrons. The lowest BCUT2D eigenvalue weighted by Crippen LogP contribution is -2.50. The first-order chi connectivity index (χ1) is 15.3. The van der Waals surface area contributed by atoms with Crippen molar-refractivity contribution in [1.82, 2.24) is 4.57 Å². The third kappa shape index (κ3) is 3.58. The van der Waals surface area contributed by atoms with Crippen molar-refractivity contribution in [1.29, 1.82) is 0 Å². The predicted octanol–water partition coefficient (Wildman–Crippen LogP) is 6.62. The molecule has 0 saturated heterocycles. The molecule has 2 aromatic carbocycles. The van der Waals surface area contributed by atoms with Crippen LogP contribution in [0.2, 0.25) is 0 Å². The highest BCUT2D eigenvalue weighted by Gasteiger charge is 2.54. The zero-order valence-electron chi connectivity index (χ0n) is 17.9. The zero-order chi connectivity index (χ0) is 22.6. The van der Waals surface area contributed by atoms with Gasteiger partial charge in [0.25, 0.3) is 0 Å². The highest BCUT2D eigenvalue weighted by atomic mass is 79.9. The Morgan fingerprint density at radius 3 is 2.47 bits per heavy atom. The van der Waals surface area contributed by atoms with Crippen molar-refractivity contribution < 1.29 is 19.1 Å². The van der Waals surface area contributed by atoms with E-state index in [1.54, 1.807) is 12.1 Å². The van der Waals surface area contributed by atoms with Crippen LogP contribution < -0.4 is 0 Å². The Balaban J connectivity index is 1.38. The molecule has 1 aromatic heterocycles. The normalized spacial score (nSPS) is 25.3. The van der Waals surface area contributed by atoms with Crippen molar-refractivity contribution >= 4 is 38.6 Å². The van der Waals surface area contributed by atoms with Gasteiger partial charge in [-0.1, -0.05) is 28.1 Å². The third-order valence-electron chi connectivity index (χ3n) is 7.52. The number of hydrogen-bond acceptors (Lipinski definition) is 2. The fraction of sp³-hybridized carbons (Fsp3) is 0.385. The second-order valence-electron chi connectivity index (χ2n) is 9.65. The van der Waals surface area contributed by atoms with Gasteiger partial charge < -0.3 is 9.67 Å². The fourth-order valence-corrected chi connectivity index (χ4v) is 6.14. The molecular weight excluding hydrogens is 473 g/mol. The van der Waals surface area contributed by atoms with Gasteiger partial charge in [0.1, 0.15) is 5.82 Å². The molecule has 1 spiro atoms. The van der Waals surface area contributed by atoms with Gasteiger partial charge in [-0.2, -0.15) is 0 Å². The Bertz CT molecular complexity index is 1200. The van der Waals surface area contributed by atoms with E-state index in [2.05, 4.69) is 15.9 Å². The van der Waals surface area contributed by atoms with Crippen molar-refractivity contribution in [2.75, 3.05) is 0 Å².